The van der Waals surface area contributed by atoms with Crippen LogP contribution >= 0.6 is 0 Å². The van der Waals surface area contributed by atoms with E-state index in [0.717, 1.165) is 35.6 Å². The van der Waals surface area contributed by atoms with E-state index < -0.39 is 17.1 Å². The minimum Gasteiger partial charge on any atom is -0.493 e. The Labute approximate surface area is 179 Å². The van der Waals surface area contributed by atoms with Crippen molar-refractivity contribution >= 4 is 12.1 Å². The summed E-state index contributed by atoms with van der Waals surface area (Å²) in [6.07, 6.45) is 7.54. The lowest BCUT2D eigenvalue weighted by Crippen LogP contribution is -2.52. The van der Waals surface area contributed by atoms with Crippen LogP contribution in [0.15, 0.2) is 39.0 Å². The monoisotopic (exact) mass is 422 g/mol. The maximum absolute atomic E-state index is 13.0. The van der Waals surface area contributed by atoms with Gasteiger partial charge in [-0.15, -0.1) is 0 Å². The second kappa shape index (κ2) is 7.21. The number of H-pyrrole nitrogens is 1. The zero-order valence-corrected chi connectivity index (χ0v) is 17.4. The summed E-state index contributed by atoms with van der Waals surface area (Å²) in [5, 5.41) is 14.6. The summed E-state index contributed by atoms with van der Waals surface area (Å²) in [6.45, 7) is 1.86. The highest BCUT2D eigenvalue weighted by molar-refractivity contribution is 5.86. The predicted molar refractivity (Wildman–Crippen MR) is 115 cm³/mol. The molecule has 1 amide bonds. The van der Waals surface area contributed by atoms with Crippen LogP contribution < -0.4 is 16.7 Å². The first-order chi connectivity index (χ1) is 14.8. The van der Waals surface area contributed by atoms with Gasteiger partial charge in [-0.3, -0.25) is 14.6 Å². The molecule has 4 fully saturated rings. The minimum absolute atomic E-state index is 0.106. The van der Waals surface area contributed by atoms with E-state index in [1.54, 1.807) is 18.2 Å². The summed E-state index contributed by atoms with van der Waals surface area (Å²) in [5.41, 5.74) is 1.86. The molecule has 4 aliphatic rings. The molecule has 3 N–H and O–H groups in total. The third-order valence-corrected chi connectivity index (χ3v) is 7.26. The van der Waals surface area contributed by atoms with Gasteiger partial charge in [0.1, 0.15) is 5.56 Å². The molecule has 0 atom stereocenters. The Morgan fingerprint density at radius 2 is 1.84 bits per heavy atom. The molecule has 4 saturated carbocycles. The number of aryl methyl sites for hydroxylation is 1. The molecule has 1 heterocycles. The van der Waals surface area contributed by atoms with E-state index >= 15 is 0 Å². The first kappa shape index (κ1) is 19.8. The smallest absolute Gasteiger partial charge is 0.335 e. The first-order valence-electron chi connectivity index (χ1n) is 10.8. The summed E-state index contributed by atoms with van der Waals surface area (Å²) in [4.78, 5) is 39.8. The van der Waals surface area contributed by atoms with Gasteiger partial charge in [0.2, 0.25) is 11.8 Å². The Morgan fingerprint density at radius 1 is 1.19 bits per heavy atom. The number of rotatable bonds is 4. The zero-order valence-electron chi connectivity index (χ0n) is 17.4. The van der Waals surface area contributed by atoms with Crippen molar-refractivity contribution in [1.82, 2.24) is 15.0 Å². The molecule has 8 nitrogen and oxygen atoms in total. The van der Waals surface area contributed by atoms with Gasteiger partial charge in [-0.25, -0.2) is 14.8 Å². The van der Waals surface area contributed by atoms with Crippen LogP contribution in [-0.4, -0.2) is 26.8 Å². The number of hydrazone groups is 1. The van der Waals surface area contributed by atoms with Crippen LogP contribution in [0.2, 0.25) is 0 Å². The van der Waals surface area contributed by atoms with Crippen molar-refractivity contribution in [2.75, 3.05) is 0 Å². The van der Waals surface area contributed by atoms with Crippen LogP contribution in [0, 0.1) is 30.1 Å². The SMILES string of the molecule is Cc1cccc(-n2c(O)c(/C=N/NC(=O)C34CC5CC(CC(C5)C3)C4)c(=O)[nH]c2=O)c1. The summed E-state index contributed by atoms with van der Waals surface area (Å²) in [6, 6.07) is 6.98. The molecule has 2 aromatic rings. The van der Waals surface area contributed by atoms with E-state index in [-0.39, 0.29) is 16.9 Å². The molecule has 162 valence electrons. The van der Waals surface area contributed by atoms with Crippen LogP contribution in [0.4, 0.5) is 0 Å². The van der Waals surface area contributed by atoms with Crippen LogP contribution in [-0.2, 0) is 4.79 Å². The van der Waals surface area contributed by atoms with Gasteiger partial charge in [0.15, 0.2) is 0 Å². The van der Waals surface area contributed by atoms with Gasteiger partial charge in [-0.1, -0.05) is 12.1 Å². The molecule has 4 aliphatic carbocycles. The molecular formula is C23H26N4O4. The Bertz CT molecular complexity index is 1160. The third kappa shape index (κ3) is 3.40. The third-order valence-electron chi connectivity index (χ3n) is 7.26. The molecule has 1 aromatic carbocycles. The number of carbonyl (C=O) groups excluding carboxylic acids is 1. The van der Waals surface area contributed by atoms with Crippen molar-refractivity contribution in [2.45, 2.75) is 45.4 Å². The number of benzene rings is 1. The van der Waals surface area contributed by atoms with E-state index in [0.29, 0.717) is 23.4 Å². The quantitative estimate of drug-likeness (QED) is 0.517. The second-order valence-electron chi connectivity index (χ2n) is 9.57. The lowest BCUT2D eigenvalue weighted by Gasteiger charge is -2.55. The van der Waals surface area contributed by atoms with Gasteiger partial charge >= 0.3 is 5.69 Å². The van der Waals surface area contributed by atoms with Crippen molar-refractivity contribution < 1.29 is 9.90 Å². The molecule has 0 spiro atoms. The molecule has 0 radical (unpaired) electrons. The summed E-state index contributed by atoms with van der Waals surface area (Å²) < 4.78 is 1.01. The number of aromatic amines is 1. The average molecular weight is 422 g/mol. The van der Waals surface area contributed by atoms with Gasteiger partial charge in [-0.05, 0) is 80.9 Å². The number of hydrogen-bond donors (Lipinski definition) is 3. The largest absolute Gasteiger partial charge is 0.493 e. The number of aromatic hydroxyl groups is 1. The molecule has 1 aromatic heterocycles. The molecule has 8 heteroatoms. The number of aromatic nitrogens is 2. The highest BCUT2D eigenvalue weighted by Gasteiger charge is 2.54. The van der Waals surface area contributed by atoms with Crippen LogP contribution in [0.5, 0.6) is 5.88 Å². The minimum atomic E-state index is -0.765. The van der Waals surface area contributed by atoms with Crippen LogP contribution in [0.25, 0.3) is 5.69 Å². The number of amides is 1. The summed E-state index contributed by atoms with van der Waals surface area (Å²) in [7, 11) is 0. The fraction of sp³-hybridized carbons (Fsp3) is 0.478. The maximum atomic E-state index is 13.0. The molecular weight excluding hydrogens is 396 g/mol. The van der Waals surface area contributed by atoms with E-state index in [9.17, 15) is 19.5 Å². The first-order valence-corrected chi connectivity index (χ1v) is 10.8. The van der Waals surface area contributed by atoms with Gasteiger partial charge < -0.3 is 5.11 Å². The number of nitrogens with one attached hydrogen (secondary N) is 2. The molecule has 0 aliphatic heterocycles. The predicted octanol–water partition coefficient (Wildman–Crippen LogP) is 2.21. The topological polar surface area (TPSA) is 117 Å². The number of nitrogens with zero attached hydrogens (tertiary/aromatic N) is 2. The fourth-order valence-corrected chi connectivity index (χ4v) is 6.32. The lowest BCUT2D eigenvalue weighted by atomic mass is 9.49. The van der Waals surface area contributed by atoms with Crippen molar-refractivity contribution in [1.29, 1.82) is 0 Å². The van der Waals surface area contributed by atoms with Crippen molar-refractivity contribution in [2.24, 2.45) is 28.3 Å². The summed E-state index contributed by atoms with van der Waals surface area (Å²) in [5.74, 6) is 1.26. The van der Waals surface area contributed by atoms with Crippen molar-refractivity contribution in [3.8, 4) is 11.6 Å². The zero-order chi connectivity index (χ0) is 21.8. The Morgan fingerprint density at radius 3 is 2.45 bits per heavy atom. The van der Waals surface area contributed by atoms with Crippen LogP contribution in [0.1, 0.15) is 49.7 Å². The molecule has 4 bridgehead atoms. The molecule has 6 rings (SSSR count). The second-order valence-corrected chi connectivity index (χ2v) is 9.57. The van der Waals surface area contributed by atoms with Gasteiger partial charge in [0, 0.05) is 0 Å². The Kier molecular flexibility index (Phi) is 4.60. The van der Waals surface area contributed by atoms with Crippen molar-refractivity contribution in [3.05, 3.63) is 56.2 Å². The Balaban J connectivity index is 1.40. The molecule has 0 saturated heterocycles. The fourth-order valence-electron chi connectivity index (χ4n) is 6.32. The van der Waals surface area contributed by atoms with Crippen LogP contribution in [0.3, 0.4) is 0 Å². The Hall–Kier alpha value is -3.16. The summed E-state index contributed by atoms with van der Waals surface area (Å²) >= 11 is 0. The maximum Gasteiger partial charge on any atom is 0.335 e. The number of hydrogen-bond acceptors (Lipinski definition) is 5. The average Bonchev–Trinajstić information content (AvgIpc) is 2.69. The van der Waals surface area contributed by atoms with E-state index in [4.69, 9.17) is 0 Å². The van der Waals surface area contributed by atoms with Gasteiger partial charge in [-0.2, -0.15) is 5.10 Å². The highest BCUT2D eigenvalue weighted by Crippen LogP contribution is 2.60. The molecule has 31 heavy (non-hydrogen) atoms. The highest BCUT2D eigenvalue weighted by atomic mass is 16.3. The van der Waals surface area contributed by atoms with Crippen molar-refractivity contribution in [3.63, 3.8) is 0 Å². The van der Waals surface area contributed by atoms with Gasteiger partial charge in [0.25, 0.3) is 5.56 Å². The lowest BCUT2D eigenvalue weighted by molar-refractivity contribution is -0.146. The standard InChI is InChI=1S/C23H26N4O4/c1-13-3-2-4-17(5-13)27-20(29)18(19(28)25-22(27)31)12-24-26-21(30)23-9-14-6-15(10-23)8-16(7-14)11-23/h2-5,12,14-16,29H,6-11H2,1H3,(H,26,30)(H,25,28,31)/b24-12+. The van der Waals surface area contributed by atoms with Gasteiger partial charge in [0.05, 0.1) is 17.3 Å². The van der Waals surface area contributed by atoms with E-state index in [1.165, 1.54) is 19.3 Å². The molecule has 0 unspecified atom stereocenters. The van der Waals surface area contributed by atoms with E-state index in [2.05, 4.69) is 15.5 Å². The van der Waals surface area contributed by atoms with E-state index in [1.807, 2.05) is 13.0 Å². The number of carbonyl (C=O) groups is 1. The normalized spacial score (nSPS) is 28.9.